The normalized spacial score (nSPS) is 11.7. The van der Waals surface area contributed by atoms with Gasteiger partial charge < -0.3 is 9.73 Å². The summed E-state index contributed by atoms with van der Waals surface area (Å²) in [7, 11) is 0. The summed E-state index contributed by atoms with van der Waals surface area (Å²) in [4.78, 5) is 16.3. The Hall–Kier alpha value is -2.62. The van der Waals surface area contributed by atoms with Crippen molar-refractivity contribution < 1.29 is 9.21 Å². The molecule has 0 fully saturated rings. The van der Waals surface area contributed by atoms with E-state index in [0.717, 1.165) is 23.2 Å². The van der Waals surface area contributed by atoms with E-state index < -0.39 is 0 Å². The molecule has 3 aromatic rings. The maximum Gasteiger partial charge on any atom is 0.227 e. The molecule has 4 heteroatoms. The number of carbonyl (C=O) groups is 1. The van der Waals surface area contributed by atoms with Gasteiger partial charge in [-0.25, -0.2) is 4.98 Å². The average molecular weight is 336 g/mol. The van der Waals surface area contributed by atoms with Gasteiger partial charge in [-0.15, -0.1) is 0 Å². The van der Waals surface area contributed by atoms with Gasteiger partial charge in [0.25, 0.3) is 0 Å². The van der Waals surface area contributed by atoms with E-state index in [0.29, 0.717) is 17.9 Å². The van der Waals surface area contributed by atoms with Crippen LogP contribution < -0.4 is 5.32 Å². The SMILES string of the molecule is CCCC(=O)Nc1ccc2oc(-c3ccc(C(C)(C)C)cc3)nc2c1. The third kappa shape index (κ3) is 3.90. The second kappa shape index (κ2) is 6.71. The molecule has 2 aromatic carbocycles. The Kier molecular flexibility index (Phi) is 4.62. The first kappa shape index (κ1) is 17.2. The number of anilines is 1. The molecule has 0 saturated heterocycles. The summed E-state index contributed by atoms with van der Waals surface area (Å²) >= 11 is 0. The van der Waals surface area contributed by atoms with Crippen molar-refractivity contribution in [2.24, 2.45) is 0 Å². The number of nitrogens with one attached hydrogen (secondary N) is 1. The Balaban J connectivity index is 1.87. The predicted octanol–water partition coefficient (Wildman–Crippen LogP) is 5.53. The van der Waals surface area contributed by atoms with E-state index >= 15 is 0 Å². The summed E-state index contributed by atoms with van der Waals surface area (Å²) < 4.78 is 5.86. The molecule has 25 heavy (non-hydrogen) atoms. The monoisotopic (exact) mass is 336 g/mol. The molecule has 0 spiro atoms. The van der Waals surface area contributed by atoms with Gasteiger partial charge in [0.05, 0.1) is 0 Å². The van der Waals surface area contributed by atoms with Crippen molar-refractivity contribution >= 4 is 22.7 Å². The molecule has 0 aliphatic rings. The first-order chi connectivity index (χ1) is 11.9. The zero-order valence-electron chi connectivity index (χ0n) is 15.2. The third-order valence-electron chi connectivity index (χ3n) is 4.15. The van der Waals surface area contributed by atoms with E-state index in [-0.39, 0.29) is 11.3 Å². The maximum atomic E-state index is 11.7. The lowest BCUT2D eigenvalue weighted by Gasteiger charge is -2.18. The molecule has 3 rings (SSSR count). The van der Waals surface area contributed by atoms with Crippen LogP contribution in [0.25, 0.3) is 22.6 Å². The first-order valence-electron chi connectivity index (χ1n) is 8.68. The van der Waals surface area contributed by atoms with Crippen molar-refractivity contribution in [2.45, 2.75) is 46.0 Å². The van der Waals surface area contributed by atoms with Crippen LogP contribution in [0.2, 0.25) is 0 Å². The van der Waals surface area contributed by atoms with Gasteiger partial charge in [0.2, 0.25) is 11.8 Å². The second-order valence-corrected chi connectivity index (χ2v) is 7.33. The smallest absolute Gasteiger partial charge is 0.227 e. The summed E-state index contributed by atoms with van der Waals surface area (Å²) in [5, 5.41) is 2.89. The lowest BCUT2D eigenvalue weighted by atomic mass is 9.87. The summed E-state index contributed by atoms with van der Waals surface area (Å²) in [6.07, 6.45) is 1.34. The molecule has 0 aliphatic heterocycles. The second-order valence-electron chi connectivity index (χ2n) is 7.33. The number of rotatable bonds is 4. The molecule has 1 amide bonds. The van der Waals surface area contributed by atoms with Crippen LogP contribution >= 0.6 is 0 Å². The Morgan fingerprint density at radius 1 is 1.12 bits per heavy atom. The summed E-state index contributed by atoms with van der Waals surface area (Å²) in [5.41, 5.74) is 4.53. The number of fused-ring (bicyclic) bond motifs is 1. The van der Waals surface area contributed by atoms with Crippen LogP contribution in [0.5, 0.6) is 0 Å². The van der Waals surface area contributed by atoms with Crippen LogP contribution in [-0.2, 0) is 10.2 Å². The van der Waals surface area contributed by atoms with Crippen LogP contribution in [0, 0.1) is 0 Å². The molecule has 0 unspecified atom stereocenters. The van der Waals surface area contributed by atoms with E-state index in [4.69, 9.17) is 4.42 Å². The van der Waals surface area contributed by atoms with Gasteiger partial charge in [-0.2, -0.15) is 0 Å². The quantitative estimate of drug-likeness (QED) is 0.681. The van der Waals surface area contributed by atoms with Crippen LogP contribution in [-0.4, -0.2) is 10.9 Å². The van der Waals surface area contributed by atoms with Gasteiger partial charge >= 0.3 is 0 Å². The van der Waals surface area contributed by atoms with Crippen molar-refractivity contribution in [3.63, 3.8) is 0 Å². The van der Waals surface area contributed by atoms with Gasteiger partial charge in [-0.1, -0.05) is 39.8 Å². The highest BCUT2D eigenvalue weighted by Gasteiger charge is 2.15. The number of benzene rings is 2. The maximum absolute atomic E-state index is 11.7. The standard InChI is InChI=1S/C21H24N2O2/c1-5-6-19(24)22-16-11-12-18-17(13-16)23-20(25-18)14-7-9-15(10-8-14)21(2,3)4/h7-13H,5-6H2,1-4H3,(H,22,24). The van der Waals surface area contributed by atoms with Gasteiger partial charge in [0, 0.05) is 17.7 Å². The minimum absolute atomic E-state index is 0.0170. The molecule has 4 nitrogen and oxygen atoms in total. The van der Waals surface area contributed by atoms with Gasteiger partial charge in [-0.05, 0) is 47.7 Å². The topological polar surface area (TPSA) is 55.1 Å². The van der Waals surface area contributed by atoms with E-state index in [1.54, 1.807) is 0 Å². The number of aromatic nitrogens is 1. The van der Waals surface area contributed by atoms with E-state index in [1.165, 1.54) is 5.56 Å². The molecule has 0 radical (unpaired) electrons. The van der Waals surface area contributed by atoms with Crippen molar-refractivity contribution in [1.82, 2.24) is 4.98 Å². The minimum Gasteiger partial charge on any atom is -0.436 e. The van der Waals surface area contributed by atoms with Crippen molar-refractivity contribution in [2.75, 3.05) is 5.32 Å². The Morgan fingerprint density at radius 2 is 1.84 bits per heavy atom. The highest BCUT2D eigenvalue weighted by Crippen LogP contribution is 2.29. The number of hydrogen-bond acceptors (Lipinski definition) is 3. The van der Waals surface area contributed by atoms with Gasteiger partial charge in [0.1, 0.15) is 5.52 Å². The van der Waals surface area contributed by atoms with E-state index in [2.05, 4.69) is 43.2 Å². The largest absolute Gasteiger partial charge is 0.436 e. The summed E-state index contributed by atoms with van der Waals surface area (Å²) in [6, 6.07) is 13.8. The lowest BCUT2D eigenvalue weighted by molar-refractivity contribution is -0.116. The van der Waals surface area contributed by atoms with Gasteiger partial charge in [0.15, 0.2) is 5.58 Å². The highest BCUT2D eigenvalue weighted by molar-refractivity contribution is 5.93. The lowest BCUT2D eigenvalue weighted by Crippen LogP contribution is -2.10. The van der Waals surface area contributed by atoms with Gasteiger partial charge in [-0.3, -0.25) is 4.79 Å². The third-order valence-corrected chi connectivity index (χ3v) is 4.15. The number of hydrogen-bond donors (Lipinski definition) is 1. The molecule has 0 aliphatic carbocycles. The molecule has 0 bridgehead atoms. The summed E-state index contributed by atoms with van der Waals surface area (Å²) in [5.74, 6) is 0.607. The summed E-state index contributed by atoms with van der Waals surface area (Å²) in [6.45, 7) is 8.55. The van der Waals surface area contributed by atoms with Crippen molar-refractivity contribution in [1.29, 1.82) is 0 Å². The van der Waals surface area contributed by atoms with E-state index in [9.17, 15) is 4.79 Å². The Bertz CT molecular complexity index is 886. The molecule has 1 heterocycles. The Morgan fingerprint density at radius 3 is 2.48 bits per heavy atom. The molecule has 1 aromatic heterocycles. The molecule has 1 N–H and O–H groups in total. The molecule has 130 valence electrons. The first-order valence-corrected chi connectivity index (χ1v) is 8.68. The molecule has 0 atom stereocenters. The fourth-order valence-corrected chi connectivity index (χ4v) is 2.69. The van der Waals surface area contributed by atoms with Crippen molar-refractivity contribution in [3.8, 4) is 11.5 Å². The molecular weight excluding hydrogens is 312 g/mol. The van der Waals surface area contributed by atoms with Crippen LogP contribution in [0.4, 0.5) is 5.69 Å². The number of amides is 1. The van der Waals surface area contributed by atoms with Crippen LogP contribution in [0.15, 0.2) is 46.9 Å². The fourth-order valence-electron chi connectivity index (χ4n) is 2.69. The highest BCUT2D eigenvalue weighted by atomic mass is 16.3. The Labute approximate surface area is 148 Å². The minimum atomic E-state index is 0.0170. The number of nitrogens with zero attached hydrogens (tertiary/aromatic N) is 1. The number of carbonyl (C=O) groups excluding carboxylic acids is 1. The molecular formula is C21H24N2O2. The van der Waals surface area contributed by atoms with Crippen molar-refractivity contribution in [3.05, 3.63) is 48.0 Å². The zero-order chi connectivity index (χ0) is 18.0. The van der Waals surface area contributed by atoms with Crippen LogP contribution in [0.1, 0.15) is 46.1 Å². The number of oxazole rings is 1. The fraction of sp³-hybridized carbons (Fsp3) is 0.333. The van der Waals surface area contributed by atoms with Crippen LogP contribution in [0.3, 0.4) is 0 Å². The predicted molar refractivity (Wildman–Crippen MR) is 102 cm³/mol. The molecule has 0 saturated carbocycles. The zero-order valence-corrected chi connectivity index (χ0v) is 15.2. The van der Waals surface area contributed by atoms with E-state index in [1.807, 2.05) is 37.3 Å². The average Bonchev–Trinajstić information content (AvgIpc) is 2.97.